The number of hydrazone groups is 1. The van der Waals surface area contributed by atoms with Crippen LogP contribution in [0.4, 0.5) is 11.4 Å². The van der Waals surface area contributed by atoms with Gasteiger partial charge in [0, 0.05) is 43.4 Å². The maximum absolute atomic E-state index is 11.0. The minimum absolute atomic E-state index is 0.0507. The van der Waals surface area contributed by atoms with E-state index in [0.29, 0.717) is 11.4 Å². The molecular weight excluding hydrogens is 292 g/mol. The van der Waals surface area contributed by atoms with E-state index in [4.69, 9.17) is 0 Å². The maximum Gasteiger partial charge on any atom is 0.221 e. The average molecular weight is 313 g/mol. The summed E-state index contributed by atoms with van der Waals surface area (Å²) in [4.78, 5) is 11.0. The quantitative estimate of drug-likeness (QED) is 0.515. The lowest BCUT2D eigenvalue weighted by Gasteiger charge is -2.17. The van der Waals surface area contributed by atoms with Crippen LogP contribution in [0.2, 0.25) is 0 Å². The van der Waals surface area contributed by atoms with Crippen LogP contribution in [0.25, 0.3) is 0 Å². The van der Waals surface area contributed by atoms with E-state index in [9.17, 15) is 9.90 Å². The van der Waals surface area contributed by atoms with E-state index in [-0.39, 0.29) is 11.7 Å². The number of aryl methyl sites for hydroxylation is 1. The van der Waals surface area contributed by atoms with Crippen LogP contribution in [0, 0.1) is 0 Å². The molecule has 0 bridgehead atoms. The van der Waals surface area contributed by atoms with Gasteiger partial charge < -0.3 is 10.4 Å². The summed E-state index contributed by atoms with van der Waals surface area (Å²) in [6, 6.07) is 8.89. The fraction of sp³-hybridized carbons (Fsp3) is 0.235. The Kier molecular flexibility index (Phi) is 4.95. The fourth-order valence-corrected chi connectivity index (χ4v) is 2.16. The highest BCUT2D eigenvalue weighted by Gasteiger charge is 2.09. The van der Waals surface area contributed by atoms with Crippen molar-refractivity contribution in [2.24, 2.45) is 12.1 Å². The summed E-state index contributed by atoms with van der Waals surface area (Å²) < 4.78 is 1.95. The summed E-state index contributed by atoms with van der Waals surface area (Å²) in [5.74, 6) is -0.133. The van der Waals surface area contributed by atoms with Crippen molar-refractivity contribution in [2.75, 3.05) is 17.4 Å². The predicted molar refractivity (Wildman–Crippen MR) is 90.6 cm³/mol. The number of hydrogen-bond donors (Lipinski definition) is 2. The van der Waals surface area contributed by atoms with Crippen LogP contribution in [0.5, 0.6) is 5.75 Å². The zero-order chi connectivity index (χ0) is 17.0. The Balaban J connectivity index is 2.22. The van der Waals surface area contributed by atoms with Crippen LogP contribution in [-0.4, -0.2) is 23.8 Å². The van der Waals surface area contributed by atoms with Gasteiger partial charge >= 0.3 is 0 Å². The molecule has 6 heteroatoms. The topological polar surface area (TPSA) is 68.8 Å². The van der Waals surface area contributed by atoms with Gasteiger partial charge in [-0.2, -0.15) is 5.10 Å². The zero-order valence-corrected chi connectivity index (χ0v) is 13.7. The van der Waals surface area contributed by atoms with E-state index in [1.165, 1.54) is 13.0 Å². The van der Waals surface area contributed by atoms with E-state index < -0.39 is 0 Å². The minimum Gasteiger partial charge on any atom is -0.506 e. The molecule has 0 unspecified atom stereocenters. The molecule has 0 aliphatic heterocycles. The van der Waals surface area contributed by atoms with Gasteiger partial charge in [-0.3, -0.25) is 9.80 Å². The number of aromatic hydroxyl groups is 1. The summed E-state index contributed by atoms with van der Waals surface area (Å²) in [5.41, 5.74) is 2.94. The number of phenolic OH excluding ortho intramolecular Hbond substituents is 1. The predicted octanol–water partition coefficient (Wildman–Crippen LogP) is 2.04. The van der Waals surface area contributed by atoms with Crippen LogP contribution >= 0.6 is 0 Å². The van der Waals surface area contributed by atoms with Gasteiger partial charge in [-0.1, -0.05) is 0 Å². The molecule has 0 fully saturated rings. The highest BCUT2D eigenvalue weighted by molar-refractivity contribution is 5.99. The molecule has 0 aliphatic carbocycles. The van der Waals surface area contributed by atoms with Crippen molar-refractivity contribution < 1.29 is 14.5 Å². The molecule has 0 saturated carbocycles. The summed E-state index contributed by atoms with van der Waals surface area (Å²) in [5, 5.41) is 18.9. The molecule has 1 heterocycles. The standard InChI is InChI=1S/C17H20N4O2/c1-12(14-7-9-20(3)10-8-14)19-21(4)16-6-5-15(11-17(16)23)18-13(2)22/h5-11H,1-4H3,(H-,18,19,22,23)/p+1. The number of amides is 1. The van der Waals surface area contributed by atoms with Crippen molar-refractivity contribution in [3.8, 4) is 5.75 Å². The number of hydrogen-bond acceptors (Lipinski definition) is 4. The van der Waals surface area contributed by atoms with Gasteiger partial charge in [-0.05, 0) is 19.1 Å². The Labute approximate surface area is 135 Å². The number of rotatable bonds is 4. The number of nitrogens with one attached hydrogen (secondary N) is 1. The first-order valence-electron chi connectivity index (χ1n) is 7.22. The van der Waals surface area contributed by atoms with Gasteiger partial charge in [0.05, 0.1) is 5.71 Å². The number of anilines is 2. The molecule has 0 spiro atoms. The molecule has 1 amide bonds. The van der Waals surface area contributed by atoms with Gasteiger partial charge in [0.1, 0.15) is 18.5 Å². The zero-order valence-electron chi connectivity index (χ0n) is 13.7. The molecule has 0 saturated heterocycles. The Morgan fingerprint density at radius 1 is 1.22 bits per heavy atom. The number of phenols is 1. The van der Waals surface area contributed by atoms with E-state index in [0.717, 1.165) is 11.3 Å². The molecule has 1 aromatic carbocycles. The lowest BCUT2D eigenvalue weighted by Crippen LogP contribution is -2.26. The van der Waals surface area contributed by atoms with Crippen molar-refractivity contribution in [2.45, 2.75) is 13.8 Å². The Morgan fingerprint density at radius 2 is 1.87 bits per heavy atom. The molecule has 2 N–H and O–H groups in total. The highest BCUT2D eigenvalue weighted by Crippen LogP contribution is 2.29. The second-order valence-electron chi connectivity index (χ2n) is 5.35. The SMILES string of the molecule is CC(=O)Nc1ccc(N(C)N=C(C)c2cc[n+](C)cc2)c(O)c1. The number of pyridine rings is 1. The Hall–Kier alpha value is -2.89. The first kappa shape index (κ1) is 16.5. The van der Waals surface area contributed by atoms with Gasteiger partial charge in [0.25, 0.3) is 0 Å². The third-order valence-electron chi connectivity index (χ3n) is 3.34. The summed E-state index contributed by atoms with van der Waals surface area (Å²) >= 11 is 0. The maximum atomic E-state index is 11.0. The van der Waals surface area contributed by atoms with E-state index in [2.05, 4.69) is 10.4 Å². The van der Waals surface area contributed by atoms with E-state index in [1.807, 2.05) is 43.1 Å². The molecule has 1 aromatic heterocycles. The lowest BCUT2D eigenvalue weighted by molar-refractivity contribution is -0.671. The number of nitrogens with zero attached hydrogens (tertiary/aromatic N) is 3. The molecule has 0 radical (unpaired) electrons. The molecule has 2 rings (SSSR count). The van der Waals surface area contributed by atoms with Crippen molar-refractivity contribution in [1.29, 1.82) is 0 Å². The average Bonchev–Trinajstić information content (AvgIpc) is 2.47. The largest absolute Gasteiger partial charge is 0.506 e. The van der Waals surface area contributed by atoms with Crippen LogP contribution < -0.4 is 14.9 Å². The first-order valence-corrected chi connectivity index (χ1v) is 7.22. The second kappa shape index (κ2) is 6.91. The van der Waals surface area contributed by atoms with Crippen LogP contribution in [0.15, 0.2) is 47.8 Å². The van der Waals surface area contributed by atoms with Gasteiger partial charge in [-0.15, -0.1) is 0 Å². The first-order chi connectivity index (χ1) is 10.9. The highest BCUT2D eigenvalue weighted by atomic mass is 16.3. The molecule has 2 aromatic rings. The molecule has 0 atom stereocenters. The Bertz CT molecular complexity index is 739. The molecular formula is C17H21N4O2+. The van der Waals surface area contributed by atoms with Crippen LogP contribution in [0.1, 0.15) is 19.4 Å². The summed E-state index contributed by atoms with van der Waals surface area (Å²) in [6.07, 6.45) is 3.90. The van der Waals surface area contributed by atoms with Crippen molar-refractivity contribution >= 4 is 23.0 Å². The molecule has 120 valence electrons. The number of carbonyl (C=O) groups is 1. The summed E-state index contributed by atoms with van der Waals surface area (Å²) in [7, 11) is 3.72. The summed E-state index contributed by atoms with van der Waals surface area (Å²) in [6.45, 7) is 3.33. The van der Waals surface area contributed by atoms with Crippen LogP contribution in [-0.2, 0) is 11.8 Å². The molecule has 0 aliphatic rings. The number of carbonyl (C=O) groups excluding carboxylic acids is 1. The lowest BCUT2D eigenvalue weighted by atomic mass is 10.2. The van der Waals surface area contributed by atoms with E-state index >= 15 is 0 Å². The van der Waals surface area contributed by atoms with Crippen molar-refractivity contribution in [1.82, 2.24) is 0 Å². The molecule has 23 heavy (non-hydrogen) atoms. The number of benzene rings is 1. The number of aromatic nitrogens is 1. The van der Waals surface area contributed by atoms with Crippen molar-refractivity contribution in [3.63, 3.8) is 0 Å². The third-order valence-corrected chi connectivity index (χ3v) is 3.34. The van der Waals surface area contributed by atoms with Crippen LogP contribution in [0.3, 0.4) is 0 Å². The second-order valence-corrected chi connectivity index (χ2v) is 5.35. The normalized spacial score (nSPS) is 11.2. The van der Waals surface area contributed by atoms with Gasteiger partial charge in [-0.25, -0.2) is 4.57 Å². The minimum atomic E-state index is -0.184. The Morgan fingerprint density at radius 3 is 2.43 bits per heavy atom. The fourth-order valence-electron chi connectivity index (χ4n) is 2.16. The monoisotopic (exact) mass is 313 g/mol. The smallest absolute Gasteiger partial charge is 0.221 e. The van der Waals surface area contributed by atoms with Gasteiger partial charge in [0.15, 0.2) is 12.4 Å². The third kappa shape index (κ3) is 4.29. The molecule has 6 nitrogen and oxygen atoms in total. The van der Waals surface area contributed by atoms with Gasteiger partial charge in [0.2, 0.25) is 5.91 Å². The van der Waals surface area contributed by atoms with E-state index in [1.54, 1.807) is 24.2 Å². The van der Waals surface area contributed by atoms with Crippen molar-refractivity contribution in [3.05, 3.63) is 48.3 Å².